The van der Waals surface area contributed by atoms with Crippen molar-refractivity contribution in [3.63, 3.8) is 0 Å². The number of nitrogens with zero attached hydrogens (tertiary/aromatic N) is 2. The van der Waals surface area contributed by atoms with E-state index in [1.807, 2.05) is 12.1 Å². The zero-order valence-electron chi connectivity index (χ0n) is 15.5. The average Bonchev–Trinajstić information content (AvgIpc) is 3.10. The minimum absolute atomic E-state index is 0.354. The van der Waals surface area contributed by atoms with Crippen molar-refractivity contribution < 1.29 is 14.6 Å². The second-order valence-corrected chi connectivity index (χ2v) is 7.50. The molecule has 3 rings (SSSR count). The second kappa shape index (κ2) is 9.11. The summed E-state index contributed by atoms with van der Waals surface area (Å²) in [6.07, 6.45) is 1.16. The lowest BCUT2D eigenvalue weighted by molar-refractivity contribution is -0.139. The lowest BCUT2D eigenvalue weighted by Gasteiger charge is -2.23. The Morgan fingerprint density at radius 2 is 2.07 bits per heavy atom. The van der Waals surface area contributed by atoms with Gasteiger partial charge in [-0.2, -0.15) is 0 Å². The van der Waals surface area contributed by atoms with Crippen LogP contribution in [-0.2, 0) is 11.3 Å². The lowest BCUT2D eigenvalue weighted by atomic mass is 10.1. The van der Waals surface area contributed by atoms with Crippen LogP contribution in [0.25, 0.3) is 0 Å². The Balaban J connectivity index is 1.57. The molecule has 0 aromatic heterocycles. The predicted molar refractivity (Wildman–Crippen MR) is 108 cm³/mol. The molecule has 1 heterocycles. The Bertz CT molecular complexity index is 769. The molecule has 144 valence electrons. The standard InChI is InChI=1S/C21H25ClN2O3/c1-23(12-16-9-10-24(13-16)19-5-3-2-4-6-19)14-17-11-18(22)7-8-20(17)27-15-21(25)26/h2-8,11,16H,9-10,12-15H2,1H3,(H,25,26). The molecule has 5 nitrogen and oxygen atoms in total. The quantitative estimate of drug-likeness (QED) is 0.746. The maximum atomic E-state index is 10.8. The van der Waals surface area contributed by atoms with Gasteiger partial charge in [-0.25, -0.2) is 4.79 Å². The molecule has 0 saturated carbocycles. The fourth-order valence-electron chi connectivity index (χ4n) is 3.60. The van der Waals surface area contributed by atoms with Gasteiger partial charge in [-0.05, 0) is 49.7 Å². The summed E-state index contributed by atoms with van der Waals surface area (Å²) in [6, 6.07) is 15.8. The van der Waals surface area contributed by atoms with Gasteiger partial charge in [-0.15, -0.1) is 0 Å². The monoisotopic (exact) mass is 388 g/mol. The van der Waals surface area contributed by atoms with E-state index >= 15 is 0 Å². The van der Waals surface area contributed by atoms with Crippen LogP contribution in [-0.4, -0.2) is 49.3 Å². The number of ether oxygens (including phenoxy) is 1. The Morgan fingerprint density at radius 1 is 1.30 bits per heavy atom. The molecule has 6 heteroatoms. The van der Waals surface area contributed by atoms with Gasteiger partial charge in [0.15, 0.2) is 6.61 Å². The molecule has 1 N–H and O–H groups in total. The Morgan fingerprint density at radius 3 is 2.81 bits per heavy atom. The fourth-order valence-corrected chi connectivity index (χ4v) is 3.80. The number of aliphatic carboxylic acids is 1. The molecule has 2 aromatic rings. The molecule has 1 unspecified atom stereocenters. The number of anilines is 1. The van der Waals surface area contributed by atoms with Crippen LogP contribution in [0.1, 0.15) is 12.0 Å². The first kappa shape index (κ1) is 19.5. The molecule has 2 aromatic carbocycles. The lowest BCUT2D eigenvalue weighted by Crippen LogP contribution is -2.28. The molecule has 1 atom stereocenters. The molecular weight excluding hydrogens is 364 g/mol. The van der Waals surface area contributed by atoms with Crippen LogP contribution in [0.5, 0.6) is 5.75 Å². The summed E-state index contributed by atoms with van der Waals surface area (Å²) >= 11 is 6.12. The van der Waals surface area contributed by atoms with Gasteiger partial charge in [-0.3, -0.25) is 0 Å². The highest BCUT2D eigenvalue weighted by atomic mass is 35.5. The molecule has 0 aliphatic carbocycles. The largest absolute Gasteiger partial charge is 0.482 e. The summed E-state index contributed by atoms with van der Waals surface area (Å²) in [5, 5.41) is 9.47. The Hall–Kier alpha value is -2.24. The minimum Gasteiger partial charge on any atom is -0.482 e. The molecule has 1 fully saturated rings. The zero-order chi connectivity index (χ0) is 19.2. The van der Waals surface area contributed by atoms with Gasteiger partial charge in [0.1, 0.15) is 5.75 Å². The van der Waals surface area contributed by atoms with E-state index in [1.165, 1.54) is 5.69 Å². The van der Waals surface area contributed by atoms with Gasteiger partial charge in [0.25, 0.3) is 0 Å². The number of rotatable bonds is 8. The molecule has 0 spiro atoms. The van der Waals surface area contributed by atoms with E-state index in [9.17, 15) is 4.79 Å². The van der Waals surface area contributed by atoms with Crippen LogP contribution in [0.4, 0.5) is 5.69 Å². The Labute approximate surface area is 165 Å². The summed E-state index contributed by atoms with van der Waals surface area (Å²) in [7, 11) is 2.08. The number of hydrogen-bond acceptors (Lipinski definition) is 4. The van der Waals surface area contributed by atoms with Gasteiger partial charge < -0.3 is 19.6 Å². The van der Waals surface area contributed by atoms with Crippen molar-refractivity contribution in [2.24, 2.45) is 5.92 Å². The molecule has 0 amide bonds. The van der Waals surface area contributed by atoms with E-state index in [0.29, 0.717) is 23.2 Å². The molecule has 27 heavy (non-hydrogen) atoms. The summed E-state index contributed by atoms with van der Waals surface area (Å²) < 4.78 is 5.41. The van der Waals surface area contributed by atoms with Crippen molar-refractivity contribution >= 4 is 23.3 Å². The molecule has 1 saturated heterocycles. The number of carbonyl (C=O) groups is 1. The third-order valence-corrected chi connectivity index (χ3v) is 5.03. The first-order chi connectivity index (χ1) is 13.0. The first-order valence-corrected chi connectivity index (χ1v) is 9.50. The summed E-state index contributed by atoms with van der Waals surface area (Å²) in [5.41, 5.74) is 2.19. The van der Waals surface area contributed by atoms with Crippen LogP contribution in [0.15, 0.2) is 48.5 Å². The molecule has 0 bridgehead atoms. The summed E-state index contributed by atoms with van der Waals surface area (Å²) in [6.45, 7) is 3.40. The maximum Gasteiger partial charge on any atom is 0.341 e. The second-order valence-electron chi connectivity index (χ2n) is 7.07. The van der Waals surface area contributed by atoms with Crippen molar-refractivity contribution in [2.75, 3.05) is 38.2 Å². The van der Waals surface area contributed by atoms with E-state index in [0.717, 1.165) is 31.6 Å². The van der Waals surface area contributed by atoms with Crippen molar-refractivity contribution in [3.05, 3.63) is 59.1 Å². The highest BCUT2D eigenvalue weighted by Gasteiger charge is 2.24. The van der Waals surface area contributed by atoms with Crippen LogP contribution in [0.3, 0.4) is 0 Å². The van der Waals surface area contributed by atoms with E-state index in [1.54, 1.807) is 12.1 Å². The van der Waals surface area contributed by atoms with Crippen molar-refractivity contribution in [1.29, 1.82) is 0 Å². The van der Waals surface area contributed by atoms with Crippen LogP contribution < -0.4 is 9.64 Å². The van der Waals surface area contributed by atoms with Gasteiger partial charge in [0, 0.05) is 42.5 Å². The summed E-state index contributed by atoms with van der Waals surface area (Å²) in [4.78, 5) is 15.5. The van der Waals surface area contributed by atoms with Gasteiger partial charge in [-0.1, -0.05) is 29.8 Å². The van der Waals surface area contributed by atoms with E-state index in [-0.39, 0.29) is 6.61 Å². The van der Waals surface area contributed by atoms with E-state index in [4.69, 9.17) is 21.4 Å². The van der Waals surface area contributed by atoms with E-state index in [2.05, 4.69) is 41.1 Å². The zero-order valence-corrected chi connectivity index (χ0v) is 16.2. The molecule has 1 aliphatic heterocycles. The van der Waals surface area contributed by atoms with Crippen molar-refractivity contribution in [3.8, 4) is 5.75 Å². The van der Waals surface area contributed by atoms with Gasteiger partial charge in [0.05, 0.1) is 0 Å². The normalized spacial score (nSPS) is 16.7. The SMILES string of the molecule is CN(Cc1cc(Cl)ccc1OCC(=O)O)CC1CCN(c2ccccc2)C1. The van der Waals surface area contributed by atoms with Crippen molar-refractivity contribution in [1.82, 2.24) is 4.90 Å². The smallest absolute Gasteiger partial charge is 0.341 e. The van der Waals surface area contributed by atoms with Gasteiger partial charge >= 0.3 is 5.97 Å². The maximum absolute atomic E-state index is 10.8. The summed E-state index contributed by atoms with van der Waals surface area (Å²) in [5.74, 6) is 0.181. The number of benzene rings is 2. The number of carboxylic acids is 1. The fraction of sp³-hybridized carbons (Fsp3) is 0.381. The minimum atomic E-state index is -0.990. The topological polar surface area (TPSA) is 53.0 Å². The third-order valence-electron chi connectivity index (χ3n) is 4.79. The third kappa shape index (κ3) is 5.62. The van der Waals surface area contributed by atoms with Crippen LogP contribution in [0.2, 0.25) is 5.02 Å². The molecular formula is C21H25ClN2O3. The van der Waals surface area contributed by atoms with E-state index < -0.39 is 5.97 Å². The number of carboxylic acid groups (broad SMARTS) is 1. The van der Waals surface area contributed by atoms with Gasteiger partial charge in [0.2, 0.25) is 0 Å². The van der Waals surface area contributed by atoms with Crippen LogP contribution in [0, 0.1) is 5.92 Å². The molecule has 1 aliphatic rings. The van der Waals surface area contributed by atoms with Crippen LogP contribution >= 0.6 is 11.6 Å². The number of halogens is 1. The predicted octanol–water partition coefficient (Wildman–Crippen LogP) is 3.76. The highest BCUT2D eigenvalue weighted by Crippen LogP contribution is 2.27. The number of para-hydroxylation sites is 1. The average molecular weight is 389 g/mol. The molecule has 0 radical (unpaired) electrons. The number of hydrogen-bond donors (Lipinski definition) is 1. The Kier molecular flexibility index (Phi) is 6.58. The van der Waals surface area contributed by atoms with Crippen molar-refractivity contribution in [2.45, 2.75) is 13.0 Å². The highest BCUT2D eigenvalue weighted by molar-refractivity contribution is 6.30. The first-order valence-electron chi connectivity index (χ1n) is 9.13.